The van der Waals surface area contributed by atoms with E-state index in [4.69, 9.17) is 0 Å². The summed E-state index contributed by atoms with van der Waals surface area (Å²) in [6.45, 7) is 1.82. The Balaban J connectivity index is 2.41. The lowest BCUT2D eigenvalue weighted by molar-refractivity contribution is 0.580. The molecule has 2 aromatic rings. The first-order valence-electron chi connectivity index (χ1n) is 5.53. The van der Waals surface area contributed by atoms with Crippen LogP contribution in [0.3, 0.4) is 0 Å². The van der Waals surface area contributed by atoms with Gasteiger partial charge in [0.05, 0.1) is 15.1 Å². The molecular weight excluding hydrogens is 352 g/mol. The Hall–Kier alpha value is -1.47. The van der Waals surface area contributed by atoms with E-state index in [9.17, 15) is 17.2 Å². The number of hydrogen-bond acceptors (Lipinski definition) is 2. The molecule has 0 saturated carbocycles. The number of hydrogen-bond donors (Lipinski definition) is 1. The van der Waals surface area contributed by atoms with Gasteiger partial charge in [0.15, 0.2) is 0 Å². The maximum absolute atomic E-state index is 13.3. The Morgan fingerprint density at radius 3 is 2.30 bits per heavy atom. The molecule has 7 heteroatoms. The number of nitrogens with one attached hydrogen (secondary N) is 1. The second kappa shape index (κ2) is 5.49. The van der Waals surface area contributed by atoms with Crippen LogP contribution in [-0.2, 0) is 10.0 Å². The van der Waals surface area contributed by atoms with Crippen molar-refractivity contribution in [3.63, 3.8) is 0 Å². The van der Waals surface area contributed by atoms with Crippen molar-refractivity contribution in [1.82, 2.24) is 0 Å². The molecule has 0 aliphatic heterocycles. The first-order chi connectivity index (χ1) is 9.29. The van der Waals surface area contributed by atoms with Gasteiger partial charge in [-0.1, -0.05) is 17.7 Å². The lowest BCUT2D eigenvalue weighted by Crippen LogP contribution is -2.13. The average Bonchev–Trinajstić information content (AvgIpc) is 2.35. The zero-order chi connectivity index (χ0) is 14.9. The highest BCUT2D eigenvalue weighted by atomic mass is 79.9. The molecule has 0 radical (unpaired) electrons. The fourth-order valence-corrected chi connectivity index (χ4v) is 3.07. The number of rotatable bonds is 3. The van der Waals surface area contributed by atoms with Gasteiger partial charge in [0.25, 0.3) is 10.0 Å². The van der Waals surface area contributed by atoms with Crippen molar-refractivity contribution in [2.75, 3.05) is 4.72 Å². The van der Waals surface area contributed by atoms with E-state index >= 15 is 0 Å². The maximum Gasteiger partial charge on any atom is 0.261 e. The normalized spacial score (nSPS) is 11.4. The summed E-state index contributed by atoms with van der Waals surface area (Å²) in [6.07, 6.45) is 0. The van der Waals surface area contributed by atoms with E-state index < -0.39 is 21.7 Å². The fraction of sp³-hybridized carbons (Fsp3) is 0.0769. The van der Waals surface area contributed by atoms with E-state index in [1.807, 2.05) is 6.92 Å². The van der Waals surface area contributed by atoms with Crippen LogP contribution < -0.4 is 4.72 Å². The average molecular weight is 362 g/mol. The summed E-state index contributed by atoms with van der Waals surface area (Å²) in [7, 11) is -3.90. The molecule has 2 aromatic carbocycles. The van der Waals surface area contributed by atoms with Crippen molar-refractivity contribution in [2.24, 2.45) is 0 Å². The van der Waals surface area contributed by atoms with Crippen LogP contribution in [0.4, 0.5) is 14.5 Å². The zero-order valence-corrected chi connectivity index (χ0v) is 12.7. The number of aryl methyl sites for hydroxylation is 1. The predicted molar refractivity (Wildman–Crippen MR) is 76.0 cm³/mol. The summed E-state index contributed by atoms with van der Waals surface area (Å²) in [5.74, 6) is -1.75. The molecule has 0 bridgehead atoms. The first kappa shape index (κ1) is 14.9. The van der Waals surface area contributed by atoms with Gasteiger partial charge >= 0.3 is 0 Å². The van der Waals surface area contributed by atoms with E-state index in [1.165, 1.54) is 12.1 Å². The smallest absolute Gasteiger partial charge is 0.261 e. The third-order valence-corrected chi connectivity index (χ3v) is 4.76. The summed E-state index contributed by atoms with van der Waals surface area (Å²) in [5, 5.41) is 0. The molecule has 0 aliphatic rings. The Kier molecular flexibility index (Phi) is 4.10. The van der Waals surface area contributed by atoms with Crippen LogP contribution in [-0.4, -0.2) is 8.42 Å². The predicted octanol–water partition coefficient (Wildman–Crippen LogP) is 3.84. The van der Waals surface area contributed by atoms with Crippen molar-refractivity contribution < 1.29 is 17.2 Å². The monoisotopic (exact) mass is 361 g/mol. The number of sulfonamides is 1. The number of anilines is 1. The molecule has 106 valence electrons. The quantitative estimate of drug-likeness (QED) is 0.844. The van der Waals surface area contributed by atoms with E-state index in [0.717, 1.165) is 11.6 Å². The van der Waals surface area contributed by atoms with Crippen LogP contribution in [0.15, 0.2) is 45.8 Å². The highest BCUT2D eigenvalue weighted by Gasteiger charge is 2.17. The summed E-state index contributed by atoms with van der Waals surface area (Å²) in [6, 6.07) is 7.67. The molecule has 0 heterocycles. The number of halogens is 3. The summed E-state index contributed by atoms with van der Waals surface area (Å²) >= 11 is 2.88. The standard InChI is InChI=1S/C13H10BrF2NO2S/c1-8-2-4-10(5-3-8)20(18,19)17-12-7-9(15)6-11(16)13(12)14/h2-7,17H,1H3. The second-order valence-corrected chi connectivity index (χ2v) is 6.64. The maximum atomic E-state index is 13.3. The van der Waals surface area contributed by atoms with Gasteiger partial charge < -0.3 is 0 Å². The summed E-state index contributed by atoms with van der Waals surface area (Å²) < 4.78 is 52.7. The van der Waals surface area contributed by atoms with E-state index in [-0.39, 0.29) is 15.1 Å². The molecule has 0 amide bonds. The third-order valence-electron chi connectivity index (χ3n) is 2.57. The molecule has 2 rings (SSSR count). The molecule has 1 N–H and O–H groups in total. The van der Waals surface area contributed by atoms with Crippen molar-refractivity contribution in [1.29, 1.82) is 0 Å². The van der Waals surface area contributed by atoms with Gasteiger partial charge in [-0.15, -0.1) is 0 Å². The largest absolute Gasteiger partial charge is 0.278 e. The summed E-state index contributed by atoms with van der Waals surface area (Å²) in [4.78, 5) is 0.0136. The Morgan fingerprint density at radius 1 is 1.10 bits per heavy atom. The Labute approximate surface area is 123 Å². The van der Waals surface area contributed by atoms with Gasteiger partial charge in [-0.3, -0.25) is 4.72 Å². The molecule has 0 aromatic heterocycles. The van der Waals surface area contributed by atoms with Crippen molar-refractivity contribution in [3.05, 3.63) is 58.1 Å². The second-order valence-electron chi connectivity index (χ2n) is 4.17. The van der Waals surface area contributed by atoms with Gasteiger partial charge in [-0.05, 0) is 41.1 Å². The SMILES string of the molecule is Cc1ccc(S(=O)(=O)Nc2cc(F)cc(F)c2Br)cc1. The zero-order valence-electron chi connectivity index (χ0n) is 10.3. The molecule has 3 nitrogen and oxygen atoms in total. The number of benzene rings is 2. The van der Waals surface area contributed by atoms with Gasteiger partial charge in [-0.25, -0.2) is 17.2 Å². The van der Waals surface area contributed by atoms with Crippen LogP contribution in [0, 0.1) is 18.6 Å². The van der Waals surface area contributed by atoms with Crippen LogP contribution in [0.1, 0.15) is 5.56 Å². The van der Waals surface area contributed by atoms with Crippen LogP contribution >= 0.6 is 15.9 Å². The van der Waals surface area contributed by atoms with E-state index in [0.29, 0.717) is 6.07 Å². The van der Waals surface area contributed by atoms with Crippen LogP contribution in [0.5, 0.6) is 0 Å². The van der Waals surface area contributed by atoms with Gasteiger partial charge in [0, 0.05) is 6.07 Å². The fourth-order valence-electron chi connectivity index (χ4n) is 1.55. The Morgan fingerprint density at radius 2 is 1.70 bits per heavy atom. The first-order valence-corrected chi connectivity index (χ1v) is 7.81. The molecular formula is C13H10BrF2NO2S. The molecule has 0 spiro atoms. The van der Waals surface area contributed by atoms with Crippen LogP contribution in [0.2, 0.25) is 0 Å². The van der Waals surface area contributed by atoms with Crippen molar-refractivity contribution >= 4 is 31.6 Å². The highest BCUT2D eigenvalue weighted by molar-refractivity contribution is 9.10. The molecule has 0 atom stereocenters. The minimum Gasteiger partial charge on any atom is -0.278 e. The topological polar surface area (TPSA) is 46.2 Å². The van der Waals surface area contributed by atoms with Gasteiger partial charge in [0.2, 0.25) is 0 Å². The molecule has 0 saturated heterocycles. The molecule has 0 unspecified atom stereocenters. The highest BCUT2D eigenvalue weighted by Crippen LogP contribution is 2.28. The van der Waals surface area contributed by atoms with E-state index in [1.54, 1.807) is 12.1 Å². The summed E-state index contributed by atoms with van der Waals surface area (Å²) in [5.41, 5.74) is 0.713. The minimum absolute atomic E-state index is 0.0136. The van der Waals surface area contributed by atoms with Gasteiger partial charge in [0.1, 0.15) is 11.6 Å². The third kappa shape index (κ3) is 3.16. The lowest BCUT2D eigenvalue weighted by atomic mass is 10.2. The van der Waals surface area contributed by atoms with Gasteiger partial charge in [-0.2, -0.15) is 0 Å². The van der Waals surface area contributed by atoms with Crippen molar-refractivity contribution in [2.45, 2.75) is 11.8 Å². The van der Waals surface area contributed by atoms with E-state index in [2.05, 4.69) is 20.7 Å². The molecule has 20 heavy (non-hydrogen) atoms. The lowest BCUT2D eigenvalue weighted by Gasteiger charge is -2.10. The minimum atomic E-state index is -3.90. The molecule has 0 aliphatic carbocycles. The Bertz CT molecular complexity index is 746. The van der Waals surface area contributed by atoms with Crippen molar-refractivity contribution in [3.8, 4) is 0 Å². The van der Waals surface area contributed by atoms with Crippen LogP contribution in [0.25, 0.3) is 0 Å². The molecule has 0 fully saturated rings.